The minimum Gasteiger partial charge on any atom is -0.497 e. The van der Waals surface area contributed by atoms with Crippen molar-refractivity contribution in [2.75, 3.05) is 51.3 Å². The molecule has 34 heavy (non-hydrogen) atoms. The van der Waals surface area contributed by atoms with E-state index in [-0.39, 0.29) is 5.91 Å². The van der Waals surface area contributed by atoms with Gasteiger partial charge in [0.2, 0.25) is 0 Å². The number of carbonyl (C=O) groups excluding carboxylic acids is 1. The molecular weight excluding hydrogens is 426 g/mol. The van der Waals surface area contributed by atoms with E-state index in [1.165, 1.54) is 5.56 Å². The van der Waals surface area contributed by atoms with E-state index in [1.807, 2.05) is 21.7 Å². The minimum atomic E-state index is 0.0946. The first-order chi connectivity index (χ1) is 16.6. The number of aromatic nitrogens is 2. The molecule has 2 fully saturated rings. The number of piperazine rings is 1. The number of carbonyl (C=O) groups is 1. The Morgan fingerprint density at radius 3 is 2.44 bits per heavy atom. The van der Waals surface area contributed by atoms with Crippen molar-refractivity contribution < 1.29 is 9.53 Å². The molecule has 0 saturated carbocycles. The van der Waals surface area contributed by atoms with Crippen molar-refractivity contribution in [3.05, 3.63) is 71.5 Å². The number of aryl methyl sites for hydroxylation is 1. The van der Waals surface area contributed by atoms with Gasteiger partial charge < -0.3 is 19.9 Å². The molecule has 5 rings (SSSR count). The van der Waals surface area contributed by atoms with Crippen LogP contribution in [0.5, 0.6) is 5.75 Å². The molecule has 0 aliphatic carbocycles. The van der Waals surface area contributed by atoms with E-state index < -0.39 is 0 Å². The first-order valence-corrected chi connectivity index (χ1v) is 12.2. The number of hydrogen-bond acceptors (Lipinski definition) is 5. The SMILES string of the molecule is COc1cccc(N2CCN(C(=O)c3cnn(-c4ccc(C)cc4)c3C3CCNCC3)CC2)c1. The van der Waals surface area contributed by atoms with Crippen molar-refractivity contribution in [1.82, 2.24) is 20.0 Å². The largest absolute Gasteiger partial charge is 0.497 e. The van der Waals surface area contributed by atoms with Crippen LogP contribution in [-0.4, -0.2) is 67.0 Å². The minimum absolute atomic E-state index is 0.0946. The van der Waals surface area contributed by atoms with E-state index in [9.17, 15) is 4.79 Å². The molecule has 2 aliphatic rings. The number of rotatable bonds is 5. The maximum Gasteiger partial charge on any atom is 0.257 e. The Hall–Kier alpha value is -3.32. The number of methoxy groups -OCH3 is 1. The number of piperidine rings is 1. The lowest BCUT2D eigenvalue weighted by Gasteiger charge is -2.36. The van der Waals surface area contributed by atoms with Crippen LogP contribution in [-0.2, 0) is 0 Å². The number of benzene rings is 2. The molecule has 1 N–H and O–H groups in total. The fourth-order valence-electron chi connectivity index (χ4n) is 5.05. The number of hydrogen-bond donors (Lipinski definition) is 1. The van der Waals surface area contributed by atoms with Gasteiger partial charge in [-0.05, 0) is 57.1 Å². The van der Waals surface area contributed by atoms with Gasteiger partial charge in [0.05, 0.1) is 30.3 Å². The van der Waals surface area contributed by atoms with E-state index in [0.29, 0.717) is 19.0 Å². The summed E-state index contributed by atoms with van der Waals surface area (Å²) in [4.78, 5) is 18.0. The zero-order valence-corrected chi connectivity index (χ0v) is 20.0. The van der Waals surface area contributed by atoms with Gasteiger partial charge in [-0.3, -0.25) is 4.79 Å². The van der Waals surface area contributed by atoms with Gasteiger partial charge in [0.25, 0.3) is 5.91 Å². The summed E-state index contributed by atoms with van der Waals surface area (Å²) in [5.74, 6) is 1.27. The second-order valence-electron chi connectivity index (χ2n) is 9.20. The van der Waals surface area contributed by atoms with Gasteiger partial charge in [0.15, 0.2) is 0 Å². The van der Waals surface area contributed by atoms with Crippen molar-refractivity contribution >= 4 is 11.6 Å². The van der Waals surface area contributed by atoms with Crippen LogP contribution < -0.4 is 15.0 Å². The van der Waals surface area contributed by atoms with Crippen LogP contribution >= 0.6 is 0 Å². The summed E-state index contributed by atoms with van der Waals surface area (Å²) in [5, 5.41) is 8.16. The highest BCUT2D eigenvalue weighted by molar-refractivity contribution is 5.95. The molecule has 3 heterocycles. The Bertz CT molecular complexity index is 1130. The second-order valence-corrected chi connectivity index (χ2v) is 9.20. The van der Waals surface area contributed by atoms with E-state index in [4.69, 9.17) is 9.84 Å². The second kappa shape index (κ2) is 9.89. The fraction of sp³-hybridized carbons (Fsp3) is 0.407. The average molecular weight is 460 g/mol. The fourth-order valence-corrected chi connectivity index (χ4v) is 5.05. The number of amides is 1. The van der Waals surface area contributed by atoms with Crippen molar-refractivity contribution in [2.24, 2.45) is 0 Å². The Morgan fingerprint density at radius 1 is 1.00 bits per heavy atom. The monoisotopic (exact) mass is 459 g/mol. The highest BCUT2D eigenvalue weighted by Crippen LogP contribution is 2.31. The molecule has 0 unspecified atom stereocenters. The molecule has 2 aromatic carbocycles. The van der Waals surface area contributed by atoms with Crippen LogP contribution in [0.25, 0.3) is 5.69 Å². The van der Waals surface area contributed by atoms with E-state index in [2.05, 4.69) is 53.5 Å². The van der Waals surface area contributed by atoms with Crippen LogP contribution in [0.15, 0.2) is 54.7 Å². The molecular formula is C27H33N5O2. The molecule has 7 heteroatoms. The normalized spacial score (nSPS) is 17.1. The van der Waals surface area contributed by atoms with Crippen molar-refractivity contribution in [2.45, 2.75) is 25.7 Å². The molecule has 7 nitrogen and oxygen atoms in total. The van der Waals surface area contributed by atoms with Crippen LogP contribution in [0.3, 0.4) is 0 Å². The van der Waals surface area contributed by atoms with Gasteiger partial charge in [-0.1, -0.05) is 23.8 Å². The topological polar surface area (TPSA) is 62.6 Å². The molecule has 2 aliphatic heterocycles. The van der Waals surface area contributed by atoms with Crippen LogP contribution in [0.1, 0.15) is 40.4 Å². The molecule has 178 valence electrons. The molecule has 0 atom stereocenters. The van der Waals surface area contributed by atoms with Crippen molar-refractivity contribution in [3.63, 3.8) is 0 Å². The third-order valence-corrected chi connectivity index (χ3v) is 7.03. The summed E-state index contributed by atoms with van der Waals surface area (Å²) in [6.45, 7) is 7.00. The van der Waals surface area contributed by atoms with Gasteiger partial charge >= 0.3 is 0 Å². The maximum atomic E-state index is 13.7. The maximum absolute atomic E-state index is 13.7. The molecule has 0 spiro atoms. The first-order valence-electron chi connectivity index (χ1n) is 12.2. The standard InChI is InChI=1S/C27H33N5O2/c1-20-6-8-22(9-7-20)32-26(21-10-12-28-13-11-21)25(19-29-32)27(33)31-16-14-30(15-17-31)23-4-3-5-24(18-23)34-2/h3-9,18-19,21,28H,10-17H2,1-2H3. The van der Waals surface area contributed by atoms with E-state index in [1.54, 1.807) is 13.3 Å². The summed E-state index contributed by atoms with van der Waals surface area (Å²) in [5.41, 5.74) is 5.17. The zero-order valence-electron chi connectivity index (χ0n) is 20.0. The highest BCUT2D eigenvalue weighted by Gasteiger charge is 2.30. The third-order valence-electron chi connectivity index (χ3n) is 7.03. The molecule has 0 bridgehead atoms. The number of ether oxygens (including phenoxy) is 1. The van der Waals surface area contributed by atoms with Crippen molar-refractivity contribution in [1.29, 1.82) is 0 Å². The molecule has 2 saturated heterocycles. The average Bonchev–Trinajstić information content (AvgIpc) is 3.34. The Morgan fingerprint density at radius 2 is 1.74 bits per heavy atom. The molecule has 0 radical (unpaired) electrons. The summed E-state index contributed by atoms with van der Waals surface area (Å²) in [6, 6.07) is 16.5. The molecule has 1 aromatic heterocycles. The predicted molar refractivity (Wildman–Crippen MR) is 134 cm³/mol. The lowest BCUT2D eigenvalue weighted by Crippen LogP contribution is -2.49. The van der Waals surface area contributed by atoms with Crippen LogP contribution in [0.4, 0.5) is 5.69 Å². The number of nitrogens with one attached hydrogen (secondary N) is 1. The van der Waals surface area contributed by atoms with Gasteiger partial charge in [-0.25, -0.2) is 4.68 Å². The van der Waals surface area contributed by atoms with Gasteiger partial charge in [-0.15, -0.1) is 0 Å². The quantitative estimate of drug-likeness (QED) is 0.632. The zero-order chi connectivity index (χ0) is 23.5. The highest BCUT2D eigenvalue weighted by atomic mass is 16.5. The Balaban J connectivity index is 1.37. The van der Waals surface area contributed by atoms with E-state index >= 15 is 0 Å². The first kappa shape index (κ1) is 22.5. The summed E-state index contributed by atoms with van der Waals surface area (Å²) in [6.07, 6.45) is 3.82. The molecule has 3 aromatic rings. The number of nitrogens with zero attached hydrogens (tertiary/aromatic N) is 4. The predicted octanol–water partition coefficient (Wildman–Crippen LogP) is 3.62. The van der Waals surface area contributed by atoms with Crippen molar-refractivity contribution in [3.8, 4) is 11.4 Å². The Kier molecular flexibility index (Phi) is 6.54. The summed E-state index contributed by atoms with van der Waals surface area (Å²) in [7, 11) is 1.69. The van der Waals surface area contributed by atoms with Gasteiger partial charge in [0, 0.05) is 43.9 Å². The van der Waals surface area contributed by atoms with Gasteiger partial charge in [-0.2, -0.15) is 5.10 Å². The smallest absolute Gasteiger partial charge is 0.257 e. The van der Waals surface area contributed by atoms with Crippen LogP contribution in [0, 0.1) is 6.92 Å². The summed E-state index contributed by atoms with van der Waals surface area (Å²) >= 11 is 0. The van der Waals surface area contributed by atoms with E-state index in [0.717, 1.165) is 67.4 Å². The lowest BCUT2D eigenvalue weighted by atomic mass is 9.91. The lowest BCUT2D eigenvalue weighted by molar-refractivity contribution is 0.0744. The van der Waals surface area contributed by atoms with Crippen LogP contribution in [0.2, 0.25) is 0 Å². The third kappa shape index (κ3) is 4.53. The molecule has 1 amide bonds. The van der Waals surface area contributed by atoms with Gasteiger partial charge in [0.1, 0.15) is 5.75 Å². The summed E-state index contributed by atoms with van der Waals surface area (Å²) < 4.78 is 7.37. The Labute approximate surface area is 201 Å². The number of anilines is 1.